The summed E-state index contributed by atoms with van der Waals surface area (Å²) >= 11 is 0. The van der Waals surface area contributed by atoms with E-state index in [4.69, 9.17) is 4.74 Å². The van der Waals surface area contributed by atoms with Crippen molar-refractivity contribution in [2.24, 2.45) is 5.92 Å². The topological polar surface area (TPSA) is 96.0 Å². The van der Waals surface area contributed by atoms with E-state index >= 15 is 0 Å². The zero-order valence-electron chi connectivity index (χ0n) is 18.2. The van der Waals surface area contributed by atoms with Crippen LogP contribution in [0.2, 0.25) is 0 Å². The average Bonchev–Trinajstić information content (AvgIpc) is 2.79. The van der Waals surface area contributed by atoms with E-state index in [9.17, 15) is 18.0 Å². The van der Waals surface area contributed by atoms with Crippen LogP contribution < -0.4 is 15.0 Å². The van der Waals surface area contributed by atoms with Gasteiger partial charge in [-0.15, -0.1) is 0 Å². The number of sulfonamides is 1. The highest BCUT2D eigenvalue weighted by Crippen LogP contribution is 2.33. The van der Waals surface area contributed by atoms with Crippen molar-refractivity contribution >= 4 is 33.2 Å². The molecule has 2 aromatic carbocycles. The summed E-state index contributed by atoms with van der Waals surface area (Å²) in [5.41, 5.74) is 2.22. The fourth-order valence-electron chi connectivity index (χ4n) is 4.22. The van der Waals surface area contributed by atoms with Gasteiger partial charge in [0.2, 0.25) is 15.9 Å². The lowest BCUT2D eigenvalue weighted by atomic mass is 9.97. The fourth-order valence-corrected chi connectivity index (χ4v) is 5.77. The number of nitrogens with one attached hydrogen (secondary N) is 1. The number of fused-ring (bicyclic) bond motifs is 1. The maximum atomic E-state index is 13.3. The number of carbonyl (C=O) groups is 2. The molecule has 2 aromatic rings. The number of aryl methyl sites for hydroxylation is 1. The van der Waals surface area contributed by atoms with Crippen LogP contribution in [0.4, 0.5) is 11.4 Å². The number of hydrogen-bond donors (Lipinski definition) is 1. The first kappa shape index (κ1) is 22.3. The summed E-state index contributed by atoms with van der Waals surface area (Å²) in [5, 5.41) is 2.64. The van der Waals surface area contributed by atoms with Crippen molar-refractivity contribution in [3.05, 3.63) is 48.0 Å². The Labute approximate surface area is 188 Å². The van der Waals surface area contributed by atoms with Crippen LogP contribution in [0, 0.1) is 12.8 Å². The van der Waals surface area contributed by atoms with Crippen molar-refractivity contribution in [1.82, 2.24) is 4.31 Å². The largest absolute Gasteiger partial charge is 0.482 e. The monoisotopic (exact) mass is 457 g/mol. The minimum Gasteiger partial charge on any atom is -0.482 e. The van der Waals surface area contributed by atoms with E-state index in [1.165, 1.54) is 16.4 Å². The Kier molecular flexibility index (Phi) is 6.21. The Morgan fingerprint density at radius 3 is 2.81 bits per heavy atom. The predicted molar refractivity (Wildman–Crippen MR) is 121 cm³/mol. The first-order valence-corrected chi connectivity index (χ1v) is 12.2. The van der Waals surface area contributed by atoms with Gasteiger partial charge in [-0.05, 0) is 62.6 Å². The lowest BCUT2D eigenvalue weighted by molar-refractivity contribution is -0.123. The third kappa shape index (κ3) is 4.35. The first-order chi connectivity index (χ1) is 15.3. The van der Waals surface area contributed by atoms with Gasteiger partial charge in [-0.25, -0.2) is 8.42 Å². The molecule has 9 heteroatoms. The number of hydrogen-bond acceptors (Lipinski definition) is 5. The maximum Gasteiger partial charge on any atom is 0.262 e. The molecule has 2 heterocycles. The summed E-state index contributed by atoms with van der Waals surface area (Å²) in [5.74, 6) is -0.373. The Hall–Kier alpha value is -2.91. The number of rotatable bonds is 5. The van der Waals surface area contributed by atoms with Crippen molar-refractivity contribution < 1.29 is 22.7 Å². The lowest BCUT2D eigenvalue weighted by Crippen LogP contribution is -2.46. The Bertz CT molecular complexity index is 1150. The summed E-state index contributed by atoms with van der Waals surface area (Å²) in [7, 11) is -3.83. The molecule has 8 nitrogen and oxygen atoms in total. The summed E-state index contributed by atoms with van der Waals surface area (Å²) < 4.78 is 33.3. The van der Waals surface area contributed by atoms with E-state index in [0.29, 0.717) is 37.4 Å². The van der Waals surface area contributed by atoms with Crippen LogP contribution in [-0.4, -0.2) is 50.8 Å². The average molecular weight is 458 g/mol. The van der Waals surface area contributed by atoms with Crippen molar-refractivity contribution in [2.45, 2.75) is 31.6 Å². The molecule has 2 amide bonds. The highest BCUT2D eigenvalue weighted by molar-refractivity contribution is 7.89. The van der Waals surface area contributed by atoms with E-state index in [-0.39, 0.29) is 29.9 Å². The smallest absolute Gasteiger partial charge is 0.262 e. The zero-order valence-corrected chi connectivity index (χ0v) is 19.0. The molecule has 2 aliphatic rings. The van der Waals surface area contributed by atoms with Gasteiger partial charge in [-0.1, -0.05) is 12.1 Å². The van der Waals surface area contributed by atoms with Crippen molar-refractivity contribution in [1.29, 1.82) is 0 Å². The Morgan fingerprint density at radius 1 is 1.25 bits per heavy atom. The van der Waals surface area contributed by atoms with Crippen LogP contribution in [-0.2, 0) is 19.6 Å². The normalized spacial score (nSPS) is 18.9. The molecule has 1 fully saturated rings. The van der Waals surface area contributed by atoms with Crippen molar-refractivity contribution in [3.8, 4) is 5.75 Å². The molecule has 4 rings (SSSR count). The van der Waals surface area contributed by atoms with Crippen LogP contribution >= 0.6 is 0 Å². The Morgan fingerprint density at radius 2 is 2.06 bits per heavy atom. The molecule has 0 aromatic heterocycles. The minimum absolute atomic E-state index is 0.0656. The summed E-state index contributed by atoms with van der Waals surface area (Å²) in [6.45, 7) is 4.79. The van der Waals surface area contributed by atoms with Crippen LogP contribution in [0.15, 0.2) is 47.4 Å². The fraction of sp³-hybridized carbons (Fsp3) is 0.391. The van der Waals surface area contributed by atoms with E-state index in [2.05, 4.69) is 5.32 Å². The van der Waals surface area contributed by atoms with Crippen LogP contribution in [0.3, 0.4) is 0 Å². The maximum absolute atomic E-state index is 13.3. The summed E-state index contributed by atoms with van der Waals surface area (Å²) in [6.07, 6.45) is 1.24. The number of benzene rings is 2. The molecule has 170 valence electrons. The van der Waals surface area contributed by atoms with Gasteiger partial charge in [0.25, 0.3) is 5.91 Å². The molecule has 0 aliphatic carbocycles. The third-order valence-electron chi connectivity index (χ3n) is 5.85. The number of carbonyl (C=O) groups excluding carboxylic acids is 2. The molecule has 0 bridgehead atoms. The molecular formula is C23H27N3O5S. The second kappa shape index (κ2) is 8.91. The predicted octanol–water partition coefficient (Wildman–Crippen LogP) is 2.78. The highest BCUT2D eigenvalue weighted by Gasteiger charge is 2.35. The first-order valence-electron chi connectivity index (χ1n) is 10.7. The molecule has 1 atom stereocenters. The van der Waals surface area contributed by atoms with Crippen LogP contribution in [0.5, 0.6) is 5.75 Å². The zero-order chi connectivity index (χ0) is 22.9. The standard InChI is InChI=1S/C23H27N3O5S/c1-3-26(18-8-4-6-16(2)12-18)23(28)17-7-5-11-25(14-17)32(29,30)19-9-10-21-20(13-19)24-22(27)15-31-21/h4,6,8-10,12-13,17H,3,5,7,11,14-15H2,1-2H3,(H,24,27)/t17-/m1/s1. The second-order valence-corrected chi connectivity index (χ2v) is 10.1. The molecule has 0 saturated carbocycles. The van der Waals surface area contributed by atoms with Gasteiger partial charge in [0.05, 0.1) is 16.5 Å². The molecule has 1 saturated heterocycles. The van der Waals surface area contributed by atoms with Gasteiger partial charge in [0.1, 0.15) is 5.75 Å². The number of anilines is 2. The number of ether oxygens (including phenoxy) is 1. The lowest BCUT2D eigenvalue weighted by Gasteiger charge is -2.34. The summed E-state index contributed by atoms with van der Waals surface area (Å²) in [4.78, 5) is 26.7. The van der Waals surface area contributed by atoms with Gasteiger partial charge >= 0.3 is 0 Å². The second-order valence-electron chi connectivity index (χ2n) is 8.12. The van der Waals surface area contributed by atoms with E-state index in [0.717, 1.165) is 11.3 Å². The molecule has 2 aliphatic heterocycles. The third-order valence-corrected chi connectivity index (χ3v) is 7.71. The van der Waals surface area contributed by atoms with Gasteiger partial charge < -0.3 is 15.0 Å². The number of amides is 2. The summed E-state index contributed by atoms with van der Waals surface area (Å²) in [6, 6.07) is 12.2. The van der Waals surface area contributed by atoms with E-state index in [1.54, 1.807) is 11.0 Å². The molecule has 1 N–H and O–H groups in total. The van der Waals surface area contributed by atoms with Crippen LogP contribution in [0.1, 0.15) is 25.3 Å². The van der Waals surface area contributed by atoms with Gasteiger partial charge in [0.15, 0.2) is 6.61 Å². The highest BCUT2D eigenvalue weighted by atomic mass is 32.2. The Balaban J connectivity index is 1.55. The van der Waals surface area contributed by atoms with E-state index in [1.807, 2.05) is 38.1 Å². The van der Waals surface area contributed by atoms with Crippen LogP contribution in [0.25, 0.3) is 0 Å². The van der Waals surface area contributed by atoms with E-state index < -0.39 is 15.9 Å². The van der Waals surface area contributed by atoms with Gasteiger partial charge in [-0.3, -0.25) is 9.59 Å². The molecular weight excluding hydrogens is 430 g/mol. The molecule has 0 unspecified atom stereocenters. The van der Waals surface area contributed by atoms with Crippen molar-refractivity contribution in [2.75, 3.05) is 36.5 Å². The quantitative estimate of drug-likeness (QED) is 0.745. The molecule has 0 spiro atoms. The SMILES string of the molecule is CCN(C(=O)[C@@H]1CCCN(S(=O)(=O)c2ccc3c(c2)NC(=O)CO3)C1)c1cccc(C)c1. The molecule has 0 radical (unpaired) electrons. The van der Waals surface area contributed by atoms with Gasteiger partial charge in [-0.2, -0.15) is 4.31 Å². The number of piperidine rings is 1. The van der Waals surface area contributed by atoms with Gasteiger partial charge in [0, 0.05) is 25.3 Å². The number of nitrogens with zero attached hydrogens (tertiary/aromatic N) is 2. The molecule has 32 heavy (non-hydrogen) atoms. The van der Waals surface area contributed by atoms with Crippen molar-refractivity contribution in [3.63, 3.8) is 0 Å². The minimum atomic E-state index is -3.83.